The number of ether oxygens (including phenoxy) is 1. The Morgan fingerprint density at radius 2 is 1.68 bits per heavy atom. The van der Waals surface area contributed by atoms with E-state index in [0.29, 0.717) is 10.4 Å². The number of phenols is 1. The van der Waals surface area contributed by atoms with Gasteiger partial charge in [0.2, 0.25) is 0 Å². The third-order valence-electron chi connectivity index (χ3n) is 4.67. The van der Waals surface area contributed by atoms with Gasteiger partial charge in [-0.1, -0.05) is 0 Å². The Morgan fingerprint density at radius 3 is 2.43 bits per heavy atom. The molecular weight excluding hydrogens is 376 g/mol. The molecular formula is C21H18N2O4S. The van der Waals surface area contributed by atoms with Crippen LogP contribution in [0, 0.1) is 0 Å². The van der Waals surface area contributed by atoms with Crippen LogP contribution in [0.5, 0.6) is 11.5 Å². The van der Waals surface area contributed by atoms with Gasteiger partial charge in [0.1, 0.15) is 11.5 Å². The number of methoxy groups -OCH3 is 1. The number of thiophene rings is 1. The second kappa shape index (κ2) is 7.36. The molecule has 7 heteroatoms. The van der Waals surface area contributed by atoms with Gasteiger partial charge in [-0.15, -0.1) is 11.3 Å². The number of phenolic OH excluding ortho intramolecular Hbond substituents is 1. The smallest absolute Gasteiger partial charge is 0.279 e. The van der Waals surface area contributed by atoms with Crippen molar-refractivity contribution in [2.24, 2.45) is 0 Å². The molecule has 1 aliphatic rings. The lowest BCUT2D eigenvalue weighted by Crippen LogP contribution is -2.41. The van der Waals surface area contributed by atoms with Crippen LogP contribution in [0.3, 0.4) is 0 Å². The molecule has 0 fully saturated rings. The molecule has 3 aromatic rings. The summed E-state index contributed by atoms with van der Waals surface area (Å²) in [6.45, 7) is 0. The van der Waals surface area contributed by atoms with Gasteiger partial charge < -0.3 is 9.84 Å². The number of fused-ring (bicyclic) bond motifs is 3. The van der Waals surface area contributed by atoms with Gasteiger partial charge in [0.25, 0.3) is 11.8 Å². The van der Waals surface area contributed by atoms with E-state index in [4.69, 9.17) is 4.74 Å². The summed E-state index contributed by atoms with van der Waals surface area (Å²) in [4.78, 5) is 26.2. The fourth-order valence-electron chi connectivity index (χ4n) is 3.21. The van der Waals surface area contributed by atoms with Crippen LogP contribution in [0.4, 0.5) is 0 Å². The van der Waals surface area contributed by atoms with E-state index in [1.165, 1.54) is 41.2 Å². The summed E-state index contributed by atoms with van der Waals surface area (Å²) in [6, 6.07) is 13.7. The fourth-order valence-corrected chi connectivity index (χ4v) is 4.38. The van der Waals surface area contributed by atoms with Crippen LogP contribution in [0.2, 0.25) is 0 Å². The molecule has 1 heterocycles. The number of benzene rings is 2. The van der Waals surface area contributed by atoms with E-state index in [-0.39, 0.29) is 11.7 Å². The third-order valence-corrected chi connectivity index (χ3v) is 5.88. The summed E-state index contributed by atoms with van der Waals surface area (Å²) in [5, 5.41) is 9.28. The maximum absolute atomic E-state index is 12.5. The molecule has 1 aromatic heterocycles. The molecule has 0 radical (unpaired) electrons. The highest BCUT2D eigenvalue weighted by atomic mass is 32.1. The van der Waals surface area contributed by atoms with E-state index in [2.05, 4.69) is 10.9 Å². The Hall–Kier alpha value is -3.32. The SMILES string of the molecule is COc1ccc2c(c1)CCc1cc(C(=O)NNC(=O)c3ccc(O)cc3)sc1-2. The molecule has 0 saturated carbocycles. The van der Waals surface area contributed by atoms with Crippen LogP contribution in [-0.2, 0) is 12.8 Å². The molecule has 0 bridgehead atoms. The minimum atomic E-state index is -0.452. The van der Waals surface area contributed by atoms with E-state index in [1.54, 1.807) is 7.11 Å². The summed E-state index contributed by atoms with van der Waals surface area (Å²) in [6.07, 6.45) is 1.76. The second-order valence-electron chi connectivity index (χ2n) is 6.44. The van der Waals surface area contributed by atoms with Crippen LogP contribution in [0.15, 0.2) is 48.5 Å². The average Bonchev–Trinajstić information content (AvgIpc) is 3.16. The Kier molecular flexibility index (Phi) is 4.75. The van der Waals surface area contributed by atoms with E-state index < -0.39 is 5.91 Å². The molecule has 1 aliphatic carbocycles. The molecule has 3 N–H and O–H groups in total. The van der Waals surface area contributed by atoms with Crippen molar-refractivity contribution in [1.29, 1.82) is 0 Å². The van der Waals surface area contributed by atoms with Crippen molar-refractivity contribution < 1.29 is 19.4 Å². The van der Waals surface area contributed by atoms with E-state index in [1.807, 2.05) is 24.3 Å². The van der Waals surface area contributed by atoms with Crippen molar-refractivity contribution >= 4 is 23.2 Å². The van der Waals surface area contributed by atoms with Crippen molar-refractivity contribution in [2.45, 2.75) is 12.8 Å². The van der Waals surface area contributed by atoms with Gasteiger partial charge in [-0.2, -0.15) is 0 Å². The van der Waals surface area contributed by atoms with Gasteiger partial charge in [-0.3, -0.25) is 20.4 Å². The van der Waals surface area contributed by atoms with Crippen LogP contribution >= 0.6 is 11.3 Å². The third kappa shape index (κ3) is 3.44. The molecule has 2 amide bonds. The molecule has 28 heavy (non-hydrogen) atoms. The van der Waals surface area contributed by atoms with Gasteiger partial charge in [0, 0.05) is 10.4 Å². The van der Waals surface area contributed by atoms with E-state index >= 15 is 0 Å². The summed E-state index contributed by atoms with van der Waals surface area (Å²) in [5.41, 5.74) is 8.66. The number of carbonyl (C=O) groups is 2. The van der Waals surface area contributed by atoms with Crippen molar-refractivity contribution in [3.63, 3.8) is 0 Å². The minimum Gasteiger partial charge on any atom is -0.508 e. The van der Waals surface area contributed by atoms with Crippen molar-refractivity contribution in [3.8, 4) is 21.9 Å². The van der Waals surface area contributed by atoms with Crippen LogP contribution in [-0.4, -0.2) is 24.0 Å². The second-order valence-corrected chi connectivity index (χ2v) is 7.50. The standard InChI is InChI=1S/C21H18N2O4S/c1-27-16-8-9-17-13(10-16)2-3-14-11-18(28-19(14)17)21(26)23-22-20(25)12-4-6-15(24)7-5-12/h4-11,24H,2-3H2,1H3,(H,22,25)(H,23,26). The first-order chi connectivity index (χ1) is 13.5. The lowest BCUT2D eigenvalue weighted by molar-refractivity contribution is 0.0849. The minimum absolute atomic E-state index is 0.0719. The number of hydrogen-bond donors (Lipinski definition) is 3. The van der Waals surface area contributed by atoms with Gasteiger partial charge in [-0.05, 0) is 78.1 Å². The Morgan fingerprint density at radius 1 is 0.964 bits per heavy atom. The molecule has 6 nitrogen and oxygen atoms in total. The maximum atomic E-state index is 12.5. The lowest BCUT2D eigenvalue weighted by atomic mass is 9.91. The normalized spacial score (nSPS) is 11.9. The first-order valence-electron chi connectivity index (χ1n) is 8.75. The Labute approximate surface area is 165 Å². The predicted octanol–water partition coefficient (Wildman–Crippen LogP) is 3.30. The number of carbonyl (C=O) groups excluding carboxylic acids is 2. The number of hydrazine groups is 1. The van der Waals surface area contributed by atoms with Crippen molar-refractivity contribution in [2.75, 3.05) is 7.11 Å². The van der Waals surface area contributed by atoms with Gasteiger partial charge in [-0.25, -0.2) is 0 Å². The molecule has 0 aliphatic heterocycles. The Balaban J connectivity index is 1.48. The quantitative estimate of drug-likeness (QED) is 0.595. The first kappa shape index (κ1) is 18.1. The van der Waals surface area contributed by atoms with Crippen molar-refractivity contribution in [1.82, 2.24) is 10.9 Å². The number of amides is 2. The fraction of sp³-hybridized carbons (Fsp3) is 0.143. The van der Waals surface area contributed by atoms with Crippen LogP contribution < -0.4 is 15.6 Å². The summed E-state index contributed by atoms with van der Waals surface area (Å²) >= 11 is 1.41. The molecule has 0 unspecified atom stereocenters. The Bertz CT molecular complexity index is 1060. The molecule has 142 valence electrons. The highest BCUT2D eigenvalue weighted by Crippen LogP contribution is 2.40. The van der Waals surface area contributed by atoms with E-state index in [0.717, 1.165) is 34.6 Å². The van der Waals surface area contributed by atoms with Crippen LogP contribution in [0.1, 0.15) is 31.2 Å². The first-order valence-corrected chi connectivity index (χ1v) is 9.56. The molecule has 0 atom stereocenters. The zero-order chi connectivity index (χ0) is 19.7. The predicted molar refractivity (Wildman–Crippen MR) is 107 cm³/mol. The summed E-state index contributed by atoms with van der Waals surface area (Å²) in [7, 11) is 1.65. The van der Waals surface area contributed by atoms with Gasteiger partial charge in [0.05, 0.1) is 12.0 Å². The van der Waals surface area contributed by atoms with Gasteiger partial charge in [0.15, 0.2) is 0 Å². The highest BCUT2D eigenvalue weighted by molar-refractivity contribution is 7.17. The lowest BCUT2D eigenvalue weighted by Gasteiger charge is -2.16. The zero-order valence-electron chi connectivity index (χ0n) is 15.1. The van der Waals surface area contributed by atoms with Crippen LogP contribution in [0.25, 0.3) is 10.4 Å². The molecule has 0 saturated heterocycles. The largest absolute Gasteiger partial charge is 0.508 e. The topological polar surface area (TPSA) is 87.7 Å². The van der Waals surface area contributed by atoms with E-state index in [9.17, 15) is 14.7 Å². The monoisotopic (exact) mass is 394 g/mol. The van der Waals surface area contributed by atoms with Crippen molar-refractivity contribution in [3.05, 3.63) is 70.1 Å². The average molecular weight is 394 g/mol. The maximum Gasteiger partial charge on any atom is 0.279 e. The number of rotatable bonds is 3. The summed E-state index contributed by atoms with van der Waals surface area (Å²) < 4.78 is 5.29. The number of aryl methyl sites for hydroxylation is 2. The number of aromatic hydroxyl groups is 1. The zero-order valence-corrected chi connectivity index (χ0v) is 15.9. The highest BCUT2D eigenvalue weighted by Gasteiger charge is 2.22. The number of hydrogen-bond acceptors (Lipinski definition) is 5. The molecule has 0 spiro atoms. The molecule has 4 rings (SSSR count). The summed E-state index contributed by atoms with van der Waals surface area (Å²) in [5.74, 6) is 0.0880. The molecule has 2 aromatic carbocycles. The number of nitrogens with one attached hydrogen (secondary N) is 2. The van der Waals surface area contributed by atoms with Gasteiger partial charge >= 0.3 is 0 Å².